The Morgan fingerprint density at radius 3 is 2.56 bits per heavy atom. The summed E-state index contributed by atoms with van der Waals surface area (Å²) in [4.78, 5) is 0. The van der Waals surface area contributed by atoms with Crippen molar-refractivity contribution in [1.82, 2.24) is 5.32 Å². The maximum Gasteiger partial charge on any atom is 0.441 e. The Balaban J connectivity index is 3.51. The fourth-order valence-electron chi connectivity index (χ4n) is 1.27. The molecule has 0 aliphatic rings. The molecule has 0 saturated carbocycles. The lowest BCUT2D eigenvalue weighted by Crippen LogP contribution is -2.26. The van der Waals surface area contributed by atoms with Gasteiger partial charge in [0.2, 0.25) is 0 Å². The molecule has 1 unspecified atom stereocenters. The van der Waals surface area contributed by atoms with Crippen molar-refractivity contribution in [2.45, 2.75) is 25.3 Å². The van der Waals surface area contributed by atoms with Crippen molar-refractivity contribution in [3.63, 3.8) is 0 Å². The van der Waals surface area contributed by atoms with Crippen LogP contribution < -0.4 is 5.32 Å². The molecule has 0 spiro atoms. The molecule has 0 heterocycles. The van der Waals surface area contributed by atoms with Crippen molar-refractivity contribution in [2.24, 2.45) is 5.92 Å². The number of halogens is 3. The zero-order valence-electron chi connectivity index (χ0n) is 9.77. The topological polar surface area (TPSA) is 21.3 Å². The van der Waals surface area contributed by atoms with E-state index in [0.717, 1.165) is 19.5 Å². The fourth-order valence-corrected chi connectivity index (χ4v) is 1.95. The molecule has 1 N–H and O–H groups in total. The van der Waals surface area contributed by atoms with Gasteiger partial charge in [-0.05, 0) is 18.9 Å². The van der Waals surface area contributed by atoms with E-state index >= 15 is 0 Å². The summed E-state index contributed by atoms with van der Waals surface area (Å²) >= 11 is 0.0685. The summed E-state index contributed by atoms with van der Waals surface area (Å²) in [5.41, 5.74) is -4.10. The first-order chi connectivity index (χ1) is 7.49. The third-order valence-electron chi connectivity index (χ3n) is 2.29. The highest BCUT2D eigenvalue weighted by molar-refractivity contribution is 8.00. The lowest BCUT2D eigenvalue weighted by Gasteiger charge is -2.15. The minimum Gasteiger partial charge on any atom is -0.383 e. The minimum absolute atomic E-state index is 0.0685. The Morgan fingerprint density at radius 1 is 1.38 bits per heavy atom. The molecule has 0 aliphatic carbocycles. The van der Waals surface area contributed by atoms with E-state index in [9.17, 15) is 13.2 Å². The highest BCUT2D eigenvalue weighted by Crippen LogP contribution is 2.31. The largest absolute Gasteiger partial charge is 0.441 e. The van der Waals surface area contributed by atoms with Gasteiger partial charge in [-0.1, -0.05) is 25.1 Å². The molecule has 0 aliphatic heterocycles. The molecule has 0 rings (SSSR count). The quantitative estimate of drug-likeness (QED) is 0.643. The van der Waals surface area contributed by atoms with Crippen molar-refractivity contribution in [2.75, 3.05) is 32.6 Å². The zero-order chi connectivity index (χ0) is 12.4. The predicted molar refractivity (Wildman–Crippen MR) is 61.7 cm³/mol. The Morgan fingerprint density at radius 2 is 2.06 bits per heavy atom. The second-order valence-corrected chi connectivity index (χ2v) is 4.71. The Bertz CT molecular complexity index is 167. The zero-order valence-corrected chi connectivity index (χ0v) is 10.6. The van der Waals surface area contributed by atoms with E-state index in [2.05, 4.69) is 5.32 Å². The molecular weight excluding hydrogens is 239 g/mol. The molecule has 0 amide bonds. The van der Waals surface area contributed by atoms with Gasteiger partial charge in [0.1, 0.15) is 0 Å². The average molecular weight is 259 g/mol. The van der Waals surface area contributed by atoms with E-state index < -0.39 is 5.51 Å². The second-order valence-electron chi connectivity index (χ2n) is 3.55. The predicted octanol–water partition coefficient (Wildman–Crippen LogP) is 2.89. The number of ether oxygens (including phenoxy) is 1. The number of nitrogens with one attached hydrogen (secondary N) is 1. The van der Waals surface area contributed by atoms with E-state index in [1.807, 2.05) is 6.92 Å². The maximum atomic E-state index is 11.9. The van der Waals surface area contributed by atoms with E-state index in [1.165, 1.54) is 0 Å². The molecule has 6 heteroatoms. The third-order valence-corrected chi connectivity index (χ3v) is 3.05. The van der Waals surface area contributed by atoms with E-state index in [0.29, 0.717) is 18.9 Å². The van der Waals surface area contributed by atoms with Crippen molar-refractivity contribution >= 4 is 11.8 Å². The average Bonchev–Trinajstić information content (AvgIpc) is 2.20. The Labute approximate surface area is 99.3 Å². The van der Waals surface area contributed by atoms with Crippen LogP contribution in [-0.4, -0.2) is 38.1 Å². The van der Waals surface area contributed by atoms with Gasteiger partial charge in [-0.3, -0.25) is 0 Å². The third kappa shape index (κ3) is 10.6. The van der Waals surface area contributed by atoms with Crippen molar-refractivity contribution in [1.29, 1.82) is 0 Å². The molecule has 1 atom stereocenters. The van der Waals surface area contributed by atoms with Crippen LogP contribution in [0.3, 0.4) is 0 Å². The number of rotatable bonds is 9. The van der Waals surface area contributed by atoms with E-state index in [-0.39, 0.29) is 17.5 Å². The first-order valence-corrected chi connectivity index (χ1v) is 6.38. The van der Waals surface area contributed by atoms with Gasteiger partial charge < -0.3 is 10.1 Å². The van der Waals surface area contributed by atoms with Gasteiger partial charge in [0.05, 0.1) is 6.61 Å². The fraction of sp³-hybridized carbons (Fsp3) is 1.00. The molecule has 0 saturated heterocycles. The summed E-state index contributed by atoms with van der Waals surface area (Å²) in [5.74, 6) is 0.459. The van der Waals surface area contributed by atoms with Gasteiger partial charge >= 0.3 is 5.51 Å². The molecule has 0 radical (unpaired) electrons. The number of alkyl halides is 3. The van der Waals surface area contributed by atoms with Crippen LogP contribution >= 0.6 is 11.8 Å². The molecule has 0 fully saturated rings. The standard InChI is InChI=1S/C10H20F3NOS/c1-3-9(8-14-5-6-15-2)4-7-16-10(11,12)13/h9,14H,3-8H2,1-2H3. The smallest absolute Gasteiger partial charge is 0.383 e. The first-order valence-electron chi connectivity index (χ1n) is 5.40. The Kier molecular flexibility index (Phi) is 9.16. The van der Waals surface area contributed by atoms with Gasteiger partial charge in [0.25, 0.3) is 0 Å². The second kappa shape index (κ2) is 9.13. The van der Waals surface area contributed by atoms with Crippen LogP contribution in [0.5, 0.6) is 0 Å². The van der Waals surface area contributed by atoms with Crippen LogP contribution in [0.15, 0.2) is 0 Å². The summed E-state index contributed by atoms with van der Waals surface area (Å²) in [6.45, 7) is 4.15. The number of methoxy groups -OCH3 is 1. The molecule has 0 bridgehead atoms. The van der Waals surface area contributed by atoms with E-state index in [1.54, 1.807) is 7.11 Å². The van der Waals surface area contributed by atoms with Gasteiger partial charge in [-0.2, -0.15) is 13.2 Å². The molecule has 0 aromatic carbocycles. The van der Waals surface area contributed by atoms with Crippen LogP contribution in [0, 0.1) is 5.92 Å². The monoisotopic (exact) mass is 259 g/mol. The molecular formula is C10H20F3NOS. The maximum absolute atomic E-state index is 11.9. The minimum atomic E-state index is -4.10. The van der Waals surface area contributed by atoms with Crippen molar-refractivity contribution in [3.05, 3.63) is 0 Å². The summed E-state index contributed by atoms with van der Waals surface area (Å²) in [5, 5.41) is 3.17. The number of hydrogen-bond acceptors (Lipinski definition) is 3. The SMILES string of the molecule is CCC(CCSC(F)(F)F)CNCCOC. The first kappa shape index (κ1) is 16.1. The molecule has 2 nitrogen and oxygen atoms in total. The summed E-state index contributed by atoms with van der Waals surface area (Å²) in [6, 6.07) is 0. The Hall–Kier alpha value is 0.0600. The van der Waals surface area contributed by atoms with Crippen molar-refractivity contribution < 1.29 is 17.9 Å². The molecule has 16 heavy (non-hydrogen) atoms. The molecule has 0 aromatic rings. The van der Waals surface area contributed by atoms with Crippen LogP contribution in [-0.2, 0) is 4.74 Å². The van der Waals surface area contributed by atoms with Crippen molar-refractivity contribution in [3.8, 4) is 0 Å². The molecule has 98 valence electrons. The van der Waals surface area contributed by atoms with Crippen LogP contribution in [0.1, 0.15) is 19.8 Å². The summed E-state index contributed by atoms with van der Waals surface area (Å²) < 4.78 is 40.5. The summed E-state index contributed by atoms with van der Waals surface area (Å²) in [7, 11) is 1.62. The summed E-state index contributed by atoms with van der Waals surface area (Å²) in [6.07, 6.45) is 1.50. The lowest BCUT2D eigenvalue weighted by molar-refractivity contribution is -0.0328. The normalized spacial score (nSPS) is 14.1. The van der Waals surface area contributed by atoms with E-state index in [4.69, 9.17) is 4.74 Å². The van der Waals surface area contributed by atoms with Crippen LogP contribution in [0.2, 0.25) is 0 Å². The van der Waals surface area contributed by atoms with Gasteiger partial charge in [0.15, 0.2) is 0 Å². The van der Waals surface area contributed by atoms with Gasteiger partial charge in [-0.15, -0.1) is 0 Å². The molecule has 0 aromatic heterocycles. The number of hydrogen-bond donors (Lipinski definition) is 1. The number of thioether (sulfide) groups is 1. The van der Waals surface area contributed by atoms with Gasteiger partial charge in [-0.25, -0.2) is 0 Å². The highest BCUT2D eigenvalue weighted by atomic mass is 32.2. The highest BCUT2D eigenvalue weighted by Gasteiger charge is 2.27. The lowest BCUT2D eigenvalue weighted by atomic mass is 10.0. The van der Waals surface area contributed by atoms with Gasteiger partial charge in [0, 0.05) is 19.4 Å². The van der Waals surface area contributed by atoms with Crippen LogP contribution in [0.25, 0.3) is 0 Å². The van der Waals surface area contributed by atoms with Crippen LogP contribution in [0.4, 0.5) is 13.2 Å².